The van der Waals surface area contributed by atoms with Crippen molar-refractivity contribution in [2.24, 2.45) is 0 Å². The van der Waals surface area contributed by atoms with Crippen LogP contribution in [-0.4, -0.2) is 67.0 Å². The third kappa shape index (κ3) is 5.54. The van der Waals surface area contributed by atoms with E-state index in [0.29, 0.717) is 0 Å². The molecule has 0 spiro atoms. The highest BCUT2D eigenvalue weighted by Gasteiger charge is 2.96. The van der Waals surface area contributed by atoms with Gasteiger partial charge in [-0.15, -0.1) is 0 Å². The number of ether oxygens (including phenoxy) is 1. The average Bonchev–Trinajstić information content (AvgIpc) is 2.72. The molecule has 0 unspecified atom stereocenters. The smallest absolute Gasteiger partial charge is 0.460 e. The van der Waals surface area contributed by atoms with E-state index in [1.165, 1.54) is 0 Å². The lowest BCUT2D eigenvalue weighted by Gasteiger charge is -2.42. The van der Waals surface area contributed by atoms with E-state index < -0.39 is 57.1 Å². The molecule has 0 fully saturated rings. The van der Waals surface area contributed by atoms with Gasteiger partial charge in [0.25, 0.3) is 0 Å². The Morgan fingerprint density at radius 1 is 0.632 bits per heavy atom. The number of alkyl halides is 17. The summed E-state index contributed by atoms with van der Waals surface area (Å²) in [7, 11) is -6.22. The van der Waals surface area contributed by atoms with Gasteiger partial charge >= 0.3 is 57.1 Å². The SMILES string of the molecule is COc1ccccc1I.O=S(=O)(O)C(F)(F)C(F)(F)C(F)(F)C(F)(F)C(F)(F)C(F)(F)C(F)(F)C(F)(F)F. The van der Waals surface area contributed by atoms with Crippen molar-refractivity contribution in [2.75, 3.05) is 7.11 Å². The number of benzene rings is 1. The maximum Gasteiger partial charge on any atom is 0.460 e. The maximum atomic E-state index is 13.0. The highest BCUT2D eigenvalue weighted by atomic mass is 127. The maximum absolute atomic E-state index is 13.0. The minimum absolute atomic E-state index is 0.943. The minimum atomic E-state index is -8.89. The Bertz CT molecular complexity index is 1090. The molecule has 0 amide bonds. The Balaban J connectivity index is 0.00000127. The topological polar surface area (TPSA) is 63.6 Å². The Labute approximate surface area is 213 Å². The van der Waals surface area contributed by atoms with E-state index in [9.17, 15) is 83.1 Å². The molecule has 0 aliphatic carbocycles. The molecule has 224 valence electrons. The Hall–Kier alpha value is -1.53. The second-order valence-corrected chi connectivity index (χ2v) is 9.20. The van der Waals surface area contributed by atoms with E-state index >= 15 is 0 Å². The number of hydrogen-bond acceptors (Lipinski definition) is 3. The van der Waals surface area contributed by atoms with Gasteiger partial charge in [0.2, 0.25) is 0 Å². The van der Waals surface area contributed by atoms with Crippen LogP contribution >= 0.6 is 22.6 Å². The lowest BCUT2D eigenvalue weighted by molar-refractivity contribution is -0.458. The normalized spacial score (nSPS) is 15.1. The van der Waals surface area contributed by atoms with Gasteiger partial charge in [0.1, 0.15) is 5.75 Å². The van der Waals surface area contributed by atoms with Crippen LogP contribution in [0.1, 0.15) is 0 Å². The molecule has 0 aliphatic heterocycles. The van der Waals surface area contributed by atoms with Crippen LogP contribution in [0.4, 0.5) is 74.6 Å². The van der Waals surface area contributed by atoms with Crippen molar-refractivity contribution in [1.29, 1.82) is 0 Å². The molecule has 38 heavy (non-hydrogen) atoms. The lowest BCUT2D eigenvalue weighted by Crippen LogP contribution is -2.74. The number of halogens is 18. The van der Waals surface area contributed by atoms with Gasteiger partial charge < -0.3 is 4.74 Å². The first kappa shape index (κ1) is 36.5. The summed E-state index contributed by atoms with van der Waals surface area (Å²) >= 11 is 2.24. The van der Waals surface area contributed by atoms with Crippen molar-refractivity contribution < 1.29 is 92.3 Å². The third-order valence-corrected chi connectivity index (χ3v) is 5.87. The predicted octanol–water partition coefficient (Wildman–Crippen LogP) is 7.14. The fourth-order valence-corrected chi connectivity index (χ4v) is 2.98. The molecule has 0 heterocycles. The minimum Gasteiger partial charge on any atom is -0.496 e. The summed E-state index contributed by atoms with van der Waals surface area (Å²) in [6, 6.07) is 7.91. The second-order valence-electron chi connectivity index (χ2n) is 6.57. The number of rotatable bonds is 8. The number of para-hydroxylation sites is 1. The second kappa shape index (κ2) is 10.5. The summed E-state index contributed by atoms with van der Waals surface area (Å²) in [6.07, 6.45) is -7.88. The van der Waals surface area contributed by atoms with Gasteiger partial charge in [0, 0.05) is 0 Å². The number of methoxy groups -OCH3 is 1. The van der Waals surface area contributed by atoms with E-state index in [4.69, 9.17) is 9.29 Å². The molecule has 0 saturated heterocycles. The van der Waals surface area contributed by atoms with Crippen LogP contribution in [0.15, 0.2) is 24.3 Å². The summed E-state index contributed by atoms with van der Waals surface area (Å²) < 4.78 is 249. The zero-order valence-corrected chi connectivity index (χ0v) is 20.2. The third-order valence-electron chi connectivity index (χ3n) is 4.07. The molecule has 1 N–H and O–H groups in total. The van der Waals surface area contributed by atoms with Gasteiger partial charge in [0.15, 0.2) is 0 Å². The first-order chi connectivity index (χ1) is 16.3. The van der Waals surface area contributed by atoms with E-state index in [1.807, 2.05) is 24.3 Å². The fourth-order valence-electron chi connectivity index (χ4n) is 1.92. The quantitative estimate of drug-likeness (QED) is 0.175. The van der Waals surface area contributed by atoms with Crippen molar-refractivity contribution in [1.82, 2.24) is 0 Å². The summed E-state index contributed by atoms with van der Waals surface area (Å²) in [5, 5.41) is -7.84. The Morgan fingerprint density at radius 3 is 1.21 bits per heavy atom. The predicted molar refractivity (Wildman–Crippen MR) is 97.9 cm³/mol. The molecule has 1 aromatic rings. The molecule has 0 bridgehead atoms. The van der Waals surface area contributed by atoms with E-state index in [0.717, 1.165) is 9.32 Å². The first-order valence-electron chi connectivity index (χ1n) is 8.31. The summed E-state index contributed by atoms with van der Waals surface area (Å²) in [5.41, 5.74) is 0. The average molecular weight is 734 g/mol. The van der Waals surface area contributed by atoms with Crippen LogP contribution < -0.4 is 4.74 Å². The van der Waals surface area contributed by atoms with Crippen LogP contribution in [0.25, 0.3) is 0 Å². The van der Waals surface area contributed by atoms with Crippen LogP contribution in [0.3, 0.4) is 0 Å². The molecule has 0 saturated carbocycles. The van der Waals surface area contributed by atoms with Crippen molar-refractivity contribution in [3.05, 3.63) is 27.8 Å². The molecular formula is C15H8F17IO4S. The van der Waals surface area contributed by atoms with Gasteiger partial charge in [-0.3, -0.25) is 4.55 Å². The van der Waals surface area contributed by atoms with Crippen molar-refractivity contribution >= 4 is 32.7 Å². The molecule has 0 aromatic heterocycles. The molecule has 0 atom stereocenters. The monoisotopic (exact) mass is 734 g/mol. The van der Waals surface area contributed by atoms with Gasteiger partial charge in [-0.05, 0) is 34.7 Å². The van der Waals surface area contributed by atoms with E-state index in [2.05, 4.69) is 22.6 Å². The molecule has 23 heteroatoms. The van der Waals surface area contributed by atoms with Gasteiger partial charge in [-0.25, -0.2) is 0 Å². The Morgan fingerprint density at radius 2 is 0.947 bits per heavy atom. The highest BCUT2D eigenvalue weighted by Crippen LogP contribution is 2.64. The van der Waals surface area contributed by atoms with Crippen molar-refractivity contribution in [3.63, 3.8) is 0 Å². The van der Waals surface area contributed by atoms with Crippen LogP contribution in [0.5, 0.6) is 5.75 Å². The number of hydrogen-bond donors (Lipinski definition) is 1. The zero-order valence-electron chi connectivity index (χ0n) is 17.2. The standard InChI is InChI=1S/C8HF17O3S.C7H7IO/c9-1(10,3(13,14)5(17,18)7(21,22)23)2(11,12)4(15,16)6(19,20)8(24,25)29(26,27)28;1-9-7-5-3-2-4-6(7)8/h(H,26,27,28);2-5H,1H3. The molecule has 1 rings (SSSR count). The van der Waals surface area contributed by atoms with Crippen molar-refractivity contribution in [3.8, 4) is 5.75 Å². The molecule has 0 aliphatic rings. The highest BCUT2D eigenvalue weighted by molar-refractivity contribution is 14.1. The largest absolute Gasteiger partial charge is 0.496 e. The Kier molecular flexibility index (Phi) is 10.0. The summed E-state index contributed by atoms with van der Waals surface area (Å²) in [5.74, 6) is -51.0. The first-order valence-corrected chi connectivity index (χ1v) is 10.8. The van der Waals surface area contributed by atoms with Crippen molar-refractivity contribution in [2.45, 2.75) is 47.0 Å². The summed E-state index contributed by atoms with van der Waals surface area (Å²) in [4.78, 5) is 0. The zero-order chi connectivity index (χ0) is 31.2. The molecular weight excluding hydrogens is 726 g/mol. The van der Waals surface area contributed by atoms with Crippen LogP contribution in [0, 0.1) is 3.57 Å². The fraction of sp³-hybridized carbons (Fsp3) is 0.600. The van der Waals surface area contributed by atoms with E-state index in [1.54, 1.807) is 7.11 Å². The van der Waals surface area contributed by atoms with Gasteiger partial charge in [-0.2, -0.15) is 83.1 Å². The van der Waals surface area contributed by atoms with Gasteiger partial charge in [0.05, 0.1) is 10.7 Å². The molecule has 0 radical (unpaired) electrons. The van der Waals surface area contributed by atoms with Crippen LogP contribution in [-0.2, 0) is 10.1 Å². The van der Waals surface area contributed by atoms with E-state index in [-0.39, 0.29) is 0 Å². The molecule has 4 nitrogen and oxygen atoms in total. The van der Waals surface area contributed by atoms with Crippen LogP contribution in [0.2, 0.25) is 0 Å². The molecule has 1 aromatic carbocycles. The summed E-state index contributed by atoms with van der Waals surface area (Å²) in [6.45, 7) is 0. The lowest BCUT2D eigenvalue weighted by atomic mass is 9.91. The van der Waals surface area contributed by atoms with Gasteiger partial charge in [-0.1, -0.05) is 12.1 Å².